The number of ether oxygens (including phenoxy) is 1. The second-order valence-corrected chi connectivity index (χ2v) is 7.28. The topological polar surface area (TPSA) is 66.9 Å². The third-order valence-electron chi connectivity index (χ3n) is 3.73. The van der Waals surface area contributed by atoms with Gasteiger partial charge < -0.3 is 4.74 Å². The number of nitrogens with zero attached hydrogens (tertiary/aromatic N) is 2. The van der Waals surface area contributed by atoms with Gasteiger partial charge in [0.1, 0.15) is 6.54 Å². The minimum Gasteiger partial charge on any atom is -0.465 e. The molecule has 1 saturated heterocycles. The molecule has 116 valence electrons. The van der Waals surface area contributed by atoms with Crippen LogP contribution in [0, 0.1) is 0 Å². The molecule has 1 aliphatic carbocycles. The zero-order valence-corrected chi connectivity index (χ0v) is 12.9. The van der Waals surface area contributed by atoms with Crippen molar-refractivity contribution >= 4 is 16.2 Å². The van der Waals surface area contributed by atoms with Crippen molar-refractivity contribution in [1.82, 2.24) is 8.61 Å². The molecule has 0 bridgehead atoms. The monoisotopic (exact) mass is 304 g/mol. The second-order valence-electron chi connectivity index (χ2n) is 5.40. The van der Waals surface area contributed by atoms with Crippen LogP contribution in [0.4, 0.5) is 0 Å². The molecule has 1 aliphatic heterocycles. The van der Waals surface area contributed by atoms with E-state index in [-0.39, 0.29) is 19.2 Å². The van der Waals surface area contributed by atoms with Crippen LogP contribution in [0.2, 0.25) is 0 Å². The van der Waals surface area contributed by atoms with Crippen molar-refractivity contribution in [3.63, 3.8) is 0 Å². The van der Waals surface area contributed by atoms with Crippen molar-refractivity contribution in [3.8, 4) is 0 Å². The normalized spacial score (nSPS) is 21.7. The Hall–Kier alpha value is -0.660. The standard InChI is InChI=1S/C13H24N2O4S/c1-2-19-13(16)11-15(12-7-8-12)20(17,18)14-9-5-3-4-6-10-14/h12H,2-11H2,1H3. The molecule has 2 aliphatic rings. The summed E-state index contributed by atoms with van der Waals surface area (Å²) in [6.07, 6.45) is 5.63. The van der Waals surface area contributed by atoms with Crippen molar-refractivity contribution in [1.29, 1.82) is 0 Å². The highest BCUT2D eigenvalue weighted by molar-refractivity contribution is 7.86. The van der Waals surface area contributed by atoms with Crippen LogP contribution in [-0.4, -0.2) is 55.3 Å². The Labute approximate surface area is 121 Å². The first-order valence-electron chi connectivity index (χ1n) is 7.48. The lowest BCUT2D eigenvalue weighted by atomic mass is 10.2. The highest BCUT2D eigenvalue weighted by Gasteiger charge is 2.41. The highest BCUT2D eigenvalue weighted by Crippen LogP contribution is 2.31. The SMILES string of the molecule is CCOC(=O)CN(C1CC1)S(=O)(=O)N1CCCCCC1. The van der Waals surface area contributed by atoms with E-state index in [2.05, 4.69) is 0 Å². The van der Waals surface area contributed by atoms with Gasteiger partial charge >= 0.3 is 5.97 Å². The average Bonchev–Trinajstić information content (AvgIpc) is 3.22. The molecule has 20 heavy (non-hydrogen) atoms. The van der Waals surface area contributed by atoms with Crippen molar-refractivity contribution in [2.24, 2.45) is 0 Å². The first-order valence-corrected chi connectivity index (χ1v) is 8.88. The number of hydrogen-bond donors (Lipinski definition) is 0. The molecular formula is C13H24N2O4S. The molecule has 0 aromatic carbocycles. The molecule has 2 rings (SSSR count). The Morgan fingerprint density at radius 3 is 2.30 bits per heavy atom. The van der Waals surface area contributed by atoms with Crippen molar-refractivity contribution in [2.45, 2.75) is 51.5 Å². The Bertz CT molecular complexity index is 426. The molecule has 1 heterocycles. The molecule has 0 unspecified atom stereocenters. The Balaban J connectivity index is 2.07. The molecule has 0 atom stereocenters. The Morgan fingerprint density at radius 2 is 1.80 bits per heavy atom. The molecule has 6 nitrogen and oxygen atoms in total. The van der Waals surface area contributed by atoms with E-state index in [1.165, 1.54) is 8.61 Å². The maximum atomic E-state index is 12.7. The van der Waals surface area contributed by atoms with Gasteiger partial charge in [-0.05, 0) is 32.6 Å². The van der Waals surface area contributed by atoms with Crippen molar-refractivity contribution in [3.05, 3.63) is 0 Å². The van der Waals surface area contributed by atoms with Crippen LogP contribution in [-0.2, 0) is 19.7 Å². The lowest BCUT2D eigenvalue weighted by Crippen LogP contribution is -2.47. The maximum Gasteiger partial charge on any atom is 0.321 e. The van der Waals surface area contributed by atoms with E-state index in [1.54, 1.807) is 6.92 Å². The van der Waals surface area contributed by atoms with Crippen LogP contribution in [0.25, 0.3) is 0 Å². The summed E-state index contributed by atoms with van der Waals surface area (Å²) < 4.78 is 33.2. The third-order valence-corrected chi connectivity index (χ3v) is 5.77. The van der Waals surface area contributed by atoms with E-state index in [0.29, 0.717) is 13.1 Å². The summed E-state index contributed by atoms with van der Waals surface area (Å²) in [6, 6.07) is -0.0207. The lowest BCUT2D eigenvalue weighted by Gasteiger charge is -2.28. The first kappa shape index (κ1) is 15.7. The average molecular weight is 304 g/mol. The van der Waals surface area contributed by atoms with Gasteiger partial charge in [-0.15, -0.1) is 0 Å². The number of carbonyl (C=O) groups is 1. The highest BCUT2D eigenvalue weighted by atomic mass is 32.2. The number of esters is 1. The Morgan fingerprint density at radius 1 is 1.20 bits per heavy atom. The van der Waals surface area contributed by atoms with E-state index in [1.807, 2.05) is 0 Å². The van der Waals surface area contributed by atoms with E-state index >= 15 is 0 Å². The van der Waals surface area contributed by atoms with Gasteiger partial charge in [-0.3, -0.25) is 4.79 Å². The van der Waals surface area contributed by atoms with Gasteiger partial charge in [-0.2, -0.15) is 17.0 Å². The fourth-order valence-electron chi connectivity index (χ4n) is 2.52. The quantitative estimate of drug-likeness (QED) is 0.690. The fourth-order valence-corrected chi connectivity index (χ4v) is 4.39. The van der Waals surface area contributed by atoms with Gasteiger partial charge in [0.15, 0.2) is 0 Å². The first-order chi connectivity index (χ1) is 9.55. The van der Waals surface area contributed by atoms with Crippen molar-refractivity contribution in [2.75, 3.05) is 26.2 Å². The van der Waals surface area contributed by atoms with Crippen LogP contribution in [0.1, 0.15) is 45.4 Å². The summed E-state index contributed by atoms with van der Waals surface area (Å²) >= 11 is 0. The number of hydrogen-bond acceptors (Lipinski definition) is 4. The fraction of sp³-hybridized carbons (Fsp3) is 0.923. The van der Waals surface area contributed by atoms with Gasteiger partial charge in [0.25, 0.3) is 10.2 Å². The summed E-state index contributed by atoms with van der Waals surface area (Å²) in [5.74, 6) is -0.460. The molecule has 2 fully saturated rings. The summed E-state index contributed by atoms with van der Waals surface area (Å²) in [7, 11) is -3.53. The van der Waals surface area contributed by atoms with E-state index in [9.17, 15) is 13.2 Å². The number of carbonyl (C=O) groups excluding carboxylic acids is 1. The summed E-state index contributed by atoms with van der Waals surface area (Å²) in [6.45, 7) is 2.98. The minimum absolute atomic E-state index is 0.0207. The van der Waals surface area contributed by atoms with E-state index in [0.717, 1.165) is 38.5 Å². The van der Waals surface area contributed by atoms with E-state index in [4.69, 9.17) is 4.74 Å². The molecule has 0 spiro atoms. The predicted octanol–water partition coefficient (Wildman–Crippen LogP) is 1.13. The summed E-state index contributed by atoms with van der Waals surface area (Å²) in [5, 5.41) is 0. The molecule has 0 N–H and O–H groups in total. The molecule has 0 radical (unpaired) electrons. The molecule has 1 saturated carbocycles. The lowest BCUT2D eigenvalue weighted by molar-refractivity contribution is -0.143. The van der Waals surface area contributed by atoms with Crippen LogP contribution in [0.15, 0.2) is 0 Å². The zero-order valence-electron chi connectivity index (χ0n) is 12.1. The summed E-state index contributed by atoms with van der Waals surface area (Å²) in [4.78, 5) is 11.6. The molecule has 0 amide bonds. The van der Waals surface area contributed by atoms with Crippen LogP contribution >= 0.6 is 0 Å². The van der Waals surface area contributed by atoms with Gasteiger partial charge in [0, 0.05) is 19.1 Å². The van der Waals surface area contributed by atoms with Gasteiger partial charge in [0.2, 0.25) is 0 Å². The largest absolute Gasteiger partial charge is 0.465 e. The smallest absolute Gasteiger partial charge is 0.321 e. The zero-order chi connectivity index (χ0) is 14.6. The van der Waals surface area contributed by atoms with Crippen LogP contribution in [0.5, 0.6) is 0 Å². The van der Waals surface area contributed by atoms with Gasteiger partial charge in [0.05, 0.1) is 6.61 Å². The maximum absolute atomic E-state index is 12.7. The molecular weight excluding hydrogens is 280 g/mol. The second kappa shape index (κ2) is 6.87. The van der Waals surface area contributed by atoms with Crippen molar-refractivity contribution < 1.29 is 17.9 Å². The molecule has 0 aromatic heterocycles. The van der Waals surface area contributed by atoms with E-state index < -0.39 is 16.2 Å². The molecule has 7 heteroatoms. The van der Waals surface area contributed by atoms with Crippen LogP contribution < -0.4 is 0 Å². The van der Waals surface area contributed by atoms with Crippen LogP contribution in [0.3, 0.4) is 0 Å². The predicted molar refractivity (Wildman–Crippen MR) is 75.3 cm³/mol. The van der Waals surface area contributed by atoms with Gasteiger partial charge in [-0.1, -0.05) is 12.8 Å². The Kier molecular flexibility index (Phi) is 5.40. The molecule has 0 aromatic rings. The van der Waals surface area contributed by atoms with Gasteiger partial charge in [-0.25, -0.2) is 0 Å². The number of rotatable bonds is 6. The minimum atomic E-state index is -3.53. The summed E-state index contributed by atoms with van der Waals surface area (Å²) in [5.41, 5.74) is 0. The third kappa shape index (κ3) is 3.93.